The van der Waals surface area contributed by atoms with Crippen LogP contribution in [0.15, 0.2) is 73.2 Å². The predicted molar refractivity (Wildman–Crippen MR) is 161 cm³/mol. The second kappa shape index (κ2) is 12.6. The quantitative estimate of drug-likeness (QED) is 0.268. The van der Waals surface area contributed by atoms with Gasteiger partial charge in [0.1, 0.15) is 11.2 Å². The number of hydrogen-bond donors (Lipinski definition) is 3. The number of nitrogens with one attached hydrogen (secondary N) is 3. The summed E-state index contributed by atoms with van der Waals surface area (Å²) < 4.78 is 0. The molecule has 0 spiro atoms. The molecular weight excluding hydrogens is 502 g/mol. The third-order valence-corrected chi connectivity index (χ3v) is 6.74. The summed E-state index contributed by atoms with van der Waals surface area (Å²) in [6.07, 6.45) is 10.8. The summed E-state index contributed by atoms with van der Waals surface area (Å²) in [5.41, 5.74) is 4.52. The van der Waals surface area contributed by atoms with Crippen molar-refractivity contribution in [2.45, 2.75) is 18.9 Å². The van der Waals surface area contributed by atoms with E-state index in [1.807, 2.05) is 43.3 Å². The van der Waals surface area contributed by atoms with E-state index in [1.165, 1.54) is 6.08 Å². The lowest BCUT2D eigenvalue weighted by atomic mass is 10.1. The number of benzene rings is 1. The van der Waals surface area contributed by atoms with Crippen LogP contribution in [0.3, 0.4) is 0 Å². The van der Waals surface area contributed by atoms with Gasteiger partial charge >= 0.3 is 0 Å². The molecule has 3 aromatic heterocycles. The molecular formula is C30H35N9O. The molecule has 10 nitrogen and oxygen atoms in total. The predicted octanol–water partition coefficient (Wildman–Crippen LogP) is 4.39. The number of likely N-dealkylation sites (tertiary alicyclic amines) is 1. The molecule has 0 unspecified atom stereocenters. The molecule has 0 aliphatic carbocycles. The van der Waals surface area contributed by atoms with Crippen molar-refractivity contribution in [1.82, 2.24) is 29.7 Å². The SMILES string of the molecule is CN(C)C/C=C/C(=O)Nc1ccnc(-c2nccc3cnc(Nc4ccc(NC5CCN(C)CC5)cc4)nc23)c1. The van der Waals surface area contributed by atoms with Crippen molar-refractivity contribution in [3.05, 3.63) is 73.2 Å². The van der Waals surface area contributed by atoms with Crippen LogP contribution in [0, 0.1) is 0 Å². The first-order valence-corrected chi connectivity index (χ1v) is 13.5. The number of amides is 1. The van der Waals surface area contributed by atoms with E-state index in [2.05, 4.69) is 55.0 Å². The summed E-state index contributed by atoms with van der Waals surface area (Å²) in [6, 6.07) is 14.1. The Morgan fingerprint density at radius 3 is 2.52 bits per heavy atom. The van der Waals surface area contributed by atoms with Gasteiger partial charge < -0.3 is 25.8 Å². The molecule has 5 rings (SSSR count). The van der Waals surface area contributed by atoms with Crippen molar-refractivity contribution in [3.8, 4) is 11.4 Å². The van der Waals surface area contributed by atoms with E-state index in [1.54, 1.807) is 30.7 Å². The van der Waals surface area contributed by atoms with Gasteiger partial charge in [-0.1, -0.05) is 6.08 Å². The summed E-state index contributed by atoms with van der Waals surface area (Å²) in [4.78, 5) is 35.0. The number of pyridine rings is 2. The first kappa shape index (κ1) is 27.2. The van der Waals surface area contributed by atoms with Gasteiger partial charge in [0.25, 0.3) is 0 Å². The number of anilines is 4. The molecule has 1 aromatic carbocycles. The van der Waals surface area contributed by atoms with Crippen molar-refractivity contribution >= 4 is 39.8 Å². The van der Waals surface area contributed by atoms with Crippen molar-refractivity contribution in [1.29, 1.82) is 0 Å². The molecule has 10 heteroatoms. The van der Waals surface area contributed by atoms with E-state index in [-0.39, 0.29) is 5.91 Å². The Kier molecular flexibility index (Phi) is 8.58. The van der Waals surface area contributed by atoms with Crippen LogP contribution in [0.2, 0.25) is 0 Å². The smallest absolute Gasteiger partial charge is 0.248 e. The normalized spacial score (nSPS) is 14.6. The van der Waals surface area contributed by atoms with Gasteiger partial charge in [-0.25, -0.2) is 9.97 Å². The Labute approximate surface area is 234 Å². The Bertz CT molecular complexity index is 1480. The van der Waals surface area contributed by atoms with E-state index in [4.69, 9.17) is 4.98 Å². The number of hydrogen-bond acceptors (Lipinski definition) is 9. The van der Waals surface area contributed by atoms with E-state index in [0.29, 0.717) is 41.1 Å². The highest BCUT2D eigenvalue weighted by Crippen LogP contribution is 2.27. The zero-order valence-electron chi connectivity index (χ0n) is 23.1. The van der Waals surface area contributed by atoms with Gasteiger partial charge in [0, 0.05) is 59.7 Å². The fraction of sp³-hybridized carbons (Fsp3) is 0.300. The van der Waals surface area contributed by atoms with Gasteiger partial charge in [0.2, 0.25) is 11.9 Å². The number of nitrogens with zero attached hydrogens (tertiary/aromatic N) is 6. The highest BCUT2D eigenvalue weighted by molar-refractivity contribution is 6.00. The van der Waals surface area contributed by atoms with Crippen LogP contribution in [0.4, 0.5) is 23.0 Å². The number of likely N-dealkylation sites (N-methyl/N-ethyl adjacent to an activating group) is 1. The van der Waals surface area contributed by atoms with Crippen LogP contribution in [0.5, 0.6) is 0 Å². The minimum Gasteiger partial charge on any atom is -0.382 e. The van der Waals surface area contributed by atoms with E-state index in [0.717, 1.165) is 42.7 Å². The zero-order valence-corrected chi connectivity index (χ0v) is 23.1. The minimum atomic E-state index is -0.203. The number of carbonyl (C=O) groups excluding carboxylic acids is 1. The summed E-state index contributed by atoms with van der Waals surface area (Å²) in [7, 11) is 6.07. The highest BCUT2D eigenvalue weighted by Gasteiger charge is 2.16. The standard InChI is InChI=1S/C30H35N9O/c1-38(2)16-4-5-27(40)35-25-11-15-31-26(19-25)29-28-21(10-14-32-29)20-33-30(37-28)36-23-8-6-22(7-9-23)34-24-12-17-39(3)18-13-24/h4-11,14-15,19-20,24,34H,12-13,16-18H2,1-3H3,(H,31,35,40)(H,33,36,37)/b5-4+. The number of rotatable bonds is 9. The molecule has 0 atom stereocenters. The molecule has 4 aromatic rings. The fourth-order valence-corrected chi connectivity index (χ4v) is 4.56. The third-order valence-electron chi connectivity index (χ3n) is 6.74. The number of fused-ring (bicyclic) bond motifs is 1. The molecule has 3 N–H and O–H groups in total. The monoisotopic (exact) mass is 537 g/mol. The second-order valence-electron chi connectivity index (χ2n) is 10.3. The zero-order chi connectivity index (χ0) is 27.9. The van der Waals surface area contributed by atoms with Gasteiger partial charge in [-0.05, 0) is 89.5 Å². The third kappa shape index (κ3) is 7.16. The summed E-state index contributed by atoms with van der Waals surface area (Å²) in [5, 5.41) is 10.7. The van der Waals surface area contributed by atoms with Crippen LogP contribution in [-0.2, 0) is 4.79 Å². The molecule has 4 heterocycles. The van der Waals surface area contributed by atoms with Crippen LogP contribution in [0.1, 0.15) is 12.8 Å². The summed E-state index contributed by atoms with van der Waals surface area (Å²) in [5.74, 6) is 0.263. The maximum absolute atomic E-state index is 12.3. The van der Waals surface area contributed by atoms with Crippen molar-refractivity contribution < 1.29 is 4.79 Å². The van der Waals surface area contributed by atoms with E-state index < -0.39 is 0 Å². The molecule has 1 aliphatic rings. The molecule has 206 valence electrons. The van der Waals surface area contributed by atoms with Crippen LogP contribution < -0.4 is 16.0 Å². The molecule has 1 aliphatic heterocycles. The fourth-order valence-electron chi connectivity index (χ4n) is 4.56. The average molecular weight is 538 g/mol. The lowest BCUT2D eigenvalue weighted by Gasteiger charge is -2.30. The Morgan fingerprint density at radius 1 is 1.00 bits per heavy atom. The number of piperidine rings is 1. The van der Waals surface area contributed by atoms with E-state index >= 15 is 0 Å². The molecule has 0 saturated carbocycles. The van der Waals surface area contributed by atoms with Crippen molar-refractivity contribution in [2.75, 3.05) is 56.7 Å². The first-order valence-electron chi connectivity index (χ1n) is 13.5. The van der Waals surface area contributed by atoms with Crippen molar-refractivity contribution in [2.24, 2.45) is 0 Å². The Morgan fingerprint density at radius 2 is 1.75 bits per heavy atom. The lowest BCUT2D eigenvalue weighted by molar-refractivity contribution is -0.111. The summed E-state index contributed by atoms with van der Waals surface area (Å²) >= 11 is 0. The van der Waals surface area contributed by atoms with Crippen molar-refractivity contribution in [3.63, 3.8) is 0 Å². The second-order valence-corrected chi connectivity index (χ2v) is 10.3. The molecule has 1 fully saturated rings. The average Bonchev–Trinajstić information content (AvgIpc) is 2.95. The molecule has 0 bridgehead atoms. The first-order chi connectivity index (χ1) is 19.4. The number of aromatic nitrogens is 4. The van der Waals surface area contributed by atoms with Gasteiger partial charge in [-0.15, -0.1) is 0 Å². The highest BCUT2D eigenvalue weighted by atomic mass is 16.1. The summed E-state index contributed by atoms with van der Waals surface area (Å²) in [6.45, 7) is 2.93. The molecule has 1 saturated heterocycles. The molecule has 40 heavy (non-hydrogen) atoms. The molecule has 0 radical (unpaired) electrons. The Hall–Kier alpha value is -4.41. The minimum absolute atomic E-state index is 0.203. The maximum Gasteiger partial charge on any atom is 0.248 e. The topological polar surface area (TPSA) is 111 Å². The van der Waals surface area contributed by atoms with Crippen LogP contribution in [-0.4, -0.2) is 82.5 Å². The van der Waals surface area contributed by atoms with Crippen LogP contribution in [0.25, 0.3) is 22.3 Å². The van der Waals surface area contributed by atoms with Gasteiger partial charge in [-0.2, -0.15) is 0 Å². The van der Waals surface area contributed by atoms with Crippen LogP contribution >= 0.6 is 0 Å². The number of carbonyl (C=O) groups is 1. The Balaban J connectivity index is 1.30. The van der Waals surface area contributed by atoms with Gasteiger partial charge in [-0.3, -0.25) is 14.8 Å². The lowest BCUT2D eigenvalue weighted by Crippen LogP contribution is -2.36. The maximum atomic E-state index is 12.3. The van der Waals surface area contributed by atoms with Gasteiger partial charge in [0.05, 0.1) is 5.69 Å². The van der Waals surface area contributed by atoms with E-state index in [9.17, 15) is 4.79 Å². The molecule has 1 amide bonds. The van der Waals surface area contributed by atoms with Gasteiger partial charge in [0.15, 0.2) is 0 Å². The largest absolute Gasteiger partial charge is 0.382 e.